The van der Waals surface area contributed by atoms with Gasteiger partial charge in [-0.15, -0.1) is 0 Å². The Kier molecular flexibility index (Phi) is 14.7. The van der Waals surface area contributed by atoms with E-state index in [1.165, 1.54) is 57.1 Å². The first kappa shape index (κ1) is 20.4. The van der Waals surface area contributed by atoms with Crippen molar-refractivity contribution in [1.29, 1.82) is 0 Å². The second-order valence-electron chi connectivity index (χ2n) is 5.36. The summed E-state index contributed by atoms with van der Waals surface area (Å²) in [6, 6.07) is 0. The molecule has 0 radical (unpaired) electrons. The highest BCUT2D eigenvalue weighted by atomic mass is 16.7. The van der Waals surface area contributed by atoms with Gasteiger partial charge in [-0.3, -0.25) is 4.79 Å². The summed E-state index contributed by atoms with van der Waals surface area (Å²) in [4.78, 5) is 27.1. The Balaban J connectivity index is 3.46. The third-order valence-electron chi connectivity index (χ3n) is 3.24. The van der Waals surface area contributed by atoms with Gasteiger partial charge >= 0.3 is 5.97 Å². The third kappa shape index (κ3) is 14.8. The number of rotatable bonds is 12. The molecule has 1 N–H and O–H groups in total. The monoisotopic (exact) mass is 309 g/mol. The van der Waals surface area contributed by atoms with Crippen molar-refractivity contribution in [3.63, 3.8) is 0 Å². The van der Waals surface area contributed by atoms with Crippen LogP contribution >= 0.6 is 0 Å². The van der Waals surface area contributed by atoms with E-state index in [-0.39, 0.29) is 0 Å². The Hall–Kier alpha value is -1.58. The summed E-state index contributed by atoms with van der Waals surface area (Å²) in [7, 11) is 0. The number of amides is 1. The highest BCUT2D eigenvalue weighted by Gasteiger charge is 1.99. The third-order valence-corrected chi connectivity index (χ3v) is 3.24. The molecule has 126 valence electrons. The summed E-state index contributed by atoms with van der Waals surface area (Å²) in [5.74, 6) is -0.968. The zero-order valence-electron chi connectivity index (χ0n) is 14.1. The summed E-state index contributed by atoms with van der Waals surface area (Å²) in [6.45, 7) is 4.15. The molecule has 0 atom stereocenters. The van der Waals surface area contributed by atoms with E-state index < -0.39 is 11.9 Å². The van der Waals surface area contributed by atoms with Crippen molar-refractivity contribution < 1.29 is 14.4 Å². The Labute approximate surface area is 135 Å². The lowest BCUT2D eigenvalue weighted by Crippen LogP contribution is -2.24. The van der Waals surface area contributed by atoms with Gasteiger partial charge < -0.3 is 4.84 Å². The minimum Gasteiger partial charge on any atom is -0.336 e. The van der Waals surface area contributed by atoms with Gasteiger partial charge in [0.1, 0.15) is 0 Å². The van der Waals surface area contributed by atoms with Crippen LogP contribution in [0.3, 0.4) is 0 Å². The predicted molar refractivity (Wildman–Crippen MR) is 90.0 cm³/mol. The van der Waals surface area contributed by atoms with Gasteiger partial charge in [-0.05, 0) is 19.3 Å². The van der Waals surface area contributed by atoms with Crippen LogP contribution in [0.25, 0.3) is 0 Å². The van der Waals surface area contributed by atoms with Crippen molar-refractivity contribution in [2.75, 3.05) is 0 Å². The molecule has 0 unspecified atom stereocenters. The van der Waals surface area contributed by atoms with E-state index in [2.05, 4.69) is 17.2 Å². The van der Waals surface area contributed by atoms with Crippen molar-refractivity contribution in [2.45, 2.75) is 78.1 Å². The van der Waals surface area contributed by atoms with E-state index in [0.29, 0.717) is 0 Å². The fourth-order valence-electron chi connectivity index (χ4n) is 1.97. The predicted octanol–water partition coefficient (Wildman–Crippen LogP) is 4.61. The summed E-state index contributed by atoms with van der Waals surface area (Å²) >= 11 is 0. The van der Waals surface area contributed by atoms with Gasteiger partial charge in [0.15, 0.2) is 0 Å². The molecule has 0 heterocycles. The smallest absolute Gasteiger partial charge is 0.336 e. The fourth-order valence-corrected chi connectivity index (χ4v) is 1.97. The number of nitrogens with one attached hydrogen (secondary N) is 1. The first-order chi connectivity index (χ1) is 10.7. The van der Waals surface area contributed by atoms with Gasteiger partial charge in [0.25, 0.3) is 5.91 Å². The quantitative estimate of drug-likeness (QED) is 0.325. The Morgan fingerprint density at radius 2 is 1.50 bits per heavy atom. The summed E-state index contributed by atoms with van der Waals surface area (Å²) < 4.78 is 0. The minimum absolute atomic E-state index is 0.424. The van der Waals surface area contributed by atoms with E-state index in [1.807, 2.05) is 6.92 Å². The second kappa shape index (κ2) is 15.8. The van der Waals surface area contributed by atoms with Gasteiger partial charge in [-0.1, -0.05) is 70.9 Å². The summed E-state index contributed by atoms with van der Waals surface area (Å²) in [6.07, 6.45) is 18.0. The van der Waals surface area contributed by atoms with Gasteiger partial charge in [0.2, 0.25) is 0 Å². The summed E-state index contributed by atoms with van der Waals surface area (Å²) in [5, 5.41) is 0. The van der Waals surface area contributed by atoms with Crippen molar-refractivity contribution in [1.82, 2.24) is 5.48 Å². The molecule has 0 spiro atoms. The Bertz CT molecular complexity index is 348. The molecular weight excluding hydrogens is 278 g/mol. The van der Waals surface area contributed by atoms with Crippen LogP contribution in [0.2, 0.25) is 0 Å². The number of allylic oxidation sites excluding steroid dienone is 2. The molecule has 0 rings (SSSR count). The zero-order valence-corrected chi connectivity index (χ0v) is 14.1. The SMILES string of the molecule is CCC=CC(=O)NOC(=O)C=CCCCCCCCCCC. The molecule has 0 aromatic rings. The number of carbonyl (C=O) groups is 2. The number of hydroxylamine groups is 1. The lowest BCUT2D eigenvalue weighted by atomic mass is 10.1. The molecule has 0 aliphatic carbocycles. The molecule has 4 heteroatoms. The Morgan fingerprint density at radius 3 is 2.14 bits per heavy atom. The molecule has 0 aromatic carbocycles. The maximum Gasteiger partial charge on any atom is 0.355 e. The van der Waals surface area contributed by atoms with E-state index in [1.54, 1.807) is 12.2 Å². The molecule has 0 fully saturated rings. The van der Waals surface area contributed by atoms with Crippen LogP contribution in [0.4, 0.5) is 0 Å². The molecule has 0 saturated heterocycles. The van der Waals surface area contributed by atoms with Crippen molar-refractivity contribution in [2.24, 2.45) is 0 Å². The first-order valence-corrected chi connectivity index (χ1v) is 8.54. The molecule has 0 aliphatic rings. The summed E-state index contributed by atoms with van der Waals surface area (Å²) in [5.41, 5.74) is 2.08. The van der Waals surface area contributed by atoms with Gasteiger partial charge in [-0.25, -0.2) is 4.79 Å². The zero-order chi connectivity index (χ0) is 16.5. The van der Waals surface area contributed by atoms with Crippen molar-refractivity contribution in [3.8, 4) is 0 Å². The van der Waals surface area contributed by atoms with Crippen LogP contribution in [-0.4, -0.2) is 11.9 Å². The van der Waals surface area contributed by atoms with Gasteiger partial charge in [0.05, 0.1) is 0 Å². The van der Waals surface area contributed by atoms with Crippen molar-refractivity contribution in [3.05, 3.63) is 24.3 Å². The van der Waals surface area contributed by atoms with E-state index in [0.717, 1.165) is 19.3 Å². The Morgan fingerprint density at radius 1 is 0.864 bits per heavy atom. The number of unbranched alkanes of at least 4 members (excludes halogenated alkanes) is 8. The van der Waals surface area contributed by atoms with Crippen LogP contribution < -0.4 is 5.48 Å². The second-order valence-corrected chi connectivity index (χ2v) is 5.36. The maximum atomic E-state index is 11.3. The van der Waals surface area contributed by atoms with Gasteiger partial charge in [-0.2, -0.15) is 5.48 Å². The largest absolute Gasteiger partial charge is 0.355 e. The molecule has 0 aromatic heterocycles. The van der Waals surface area contributed by atoms with Crippen LogP contribution in [0.1, 0.15) is 78.1 Å². The molecule has 4 nitrogen and oxygen atoms in total. The minimum atomic E-state index is -0.544. The van der Waals surface area contributed by atoms with Crippen molar-refractivity contribution >= 4 is 11.9 Å². The highest BCUT2D eigenvalue weighted by Crippen LogP contribution is 2.09. The average molecular weight is 309 g/mol. The standard InChI is InChI=1S/C18H31NO3/c1-3-5-7-8-9-10-11-12-13-14-16-18(21)22-19-17(20)15-6-4-2/h6,14-16H,3-5,7-13H2,1-2H3,(H,19,20). The van der Waals surface area contributed by atoms with E-state index in [9.17, 15) is 9.59 Å². The lowest BCUT2D eigenvalue weighted by Gasteiger charge is -2.00. The number of carbonyl (C=O) groups excluding carboxylic acids is 2. The maximum absolute atomic E-state index is 11.3. The van der Waals surface area contributed by atoms with Crippen LogP contribution in [0.5, 0.6) is 0 Å². The molecule has 0 bridgehead atoms. The molecule has 0 aliphatic heterocycles. The lowest BCUT2D eigenvalue weighted by molar-refractivity contribution is -0.151. The van der Waals surface area contributed by atoms with Crippen LogP contribution in [0.15, 0.2) is 24.3 Å². The highest BCUT2D eigenvalue weighted by molar-refractivity contribution is 5.89. The average Bonchev–Trinajstić information content (AvgIpc) is 2.52. The fraction of sp³-hybridized carbons (Fsp3) is 0.667. The molecule has 22 heavy (non-hydrogen) atoms. The van der Waals surface area contributed by atoms with Crippen LogP contribution in [-0.2, 0) is 14.4 Å². The van der Waals surface area contributed by atoms with Gasteiger partial charge in [0, 0.05) is 12.2 Å². The number of hydrogen-bond acceptors (Lipinski definition) is 3. The first-order valence-electron chi connectivity index (χ1n) is 8.54. The molecule has 1 amide bonds. The van der Waals surface area contributed by atoms with E-state index in [4.69, 9.17) is 0 Å². The topological polar surface area (TPSA) is 55.4 Å². The molecule has 0 saturated carbocycles. The van der Waals surface area contributed by atoms with Crippen LogP contribution in [0, 0.1) is 0 Å². The normalized spacial score (nSPS) is 11.2. The molecular formula is C18H31NO3. The number of hydrogen-bond donors (Lipinski definition) is 1. The van der Waals surface area contributed by atoms with E-state index >= 15 is 0 Å².